The van der Waals surface area contributed by atoms with Crippen LogP contribution in [0, 0.1) is 6.92 Å². The number of nitrogens with zero attached hydrogens (tertiary/aromatic N) is 4. The van der Waals surface area contributed by atoms with E-state index in [0.717, 1.165) is 0 Å². The number of aryl methyl sites for hydroxylation is 1. The number of nitrogens with one attached hydrogen (secondary N) is 2. The van der Waals surface area contributed by atoms with E-state index in [1.54, 1.807) is 53.1 Å². The van der Waals surface area contributed by atoms with Gasteiger partial charge in [0.15, 0.2) is 6.29 Å². The zero-order valence-electron chi connectivity index (χ0n) is 22.1. The van der Waals surface area contributed by atoms with E-state index in [0.29, 0.717) is 49.7 Å². The van der Waals surface area contributed by atoms with Gasteiger partial charge in [-0.25, -0.2) is 13.3 Å². The van der Waals surface area contributed by atoms with E-state index < -0.39 is 21.9 Å². The van der Waals surface area contributed by atoms with Crippen molar-refractivity contribution >= 4 is 28.0 Å². The zero-order chi connectivity index (χ0) is 28.2. The molecule has 2 fully saturated rings. The Labute approximate surface area is 227 Å². The molecule has 3 heterocycles. The molecule has 0 bridgehead atoms. The summed E-state index contributed by atoms with van der Waals surface area (Å²) >= 11 is 0. The number of sulfonamides is 1. The van der Waals surface area contributed by atoms with Gasteiger partial charge in [0.2, 0.25) is 22.3 Å². The van der Waals surface area contributed by atoms with Crippen LogP contribution >= 0.6 is 0 Å². The molecule has 2 aliphatic rings. The maximum atomic E-state index is 13.8. The number of anilines is 1. The first-order valence-corrected chi connectivity index (χ1v) is 14.3. The Morgan fingerprint density at radius 3 is 2.51 bits per heavy atom. The van der Waals surface area contributed by atoms with Crippen LogP contribution in [0.15, 0.2) is 59.5 Å². The Hall–Kier alpha value is -3.68. The van der Waals surface area contributed by atoms with Crippen molar-refractivity contribution in [3.8, 4) is 0 Å². The van der Waals surface area contributed by atoms with E-state index in [2.05, 4.69) is 16.6 Å². The van der Waals surface area contributed by atoms with Gasteiger partial charge in [0, 0.05) is 24.5 Å². The SMILES string of the molecule is C=C1C(C)N(CC(=O)N2CCOCC2)C(n2c(C)ccc(NS(=O)(=O)Cc3ccccc3)c2=O)N1CNC=O. The number of rotatable bonds is 10. The van der Waals surface area contributed by atoms with Gasteiger partial charge in [0.25, 0.3) is 5.56 Å². The van der Waals surface area contributed by atoms with E-state index in [1.165, 1.54) is 10.6 Å². The van der Waals surface area contributed by atoms with Gasteiger partial charge in [-0.15, -0.1) is 0 Å². The monoisotopic (exact) mass is 558 g/mol. The Kier molecular flexibility index (Phi) is 8.73. The average molecular weight is 559 g/mol. The lowest BCUT2D eigenvalue weighted by atomic mass is 10.2. The van der Waals surface area contributed by atoms with Gasteiger partial charge in [-0.3, -0.25) is 23.7 Å². The highest BCUT2D eigenvalue weighted by Crippen LogP contribution is 2.35. The van der Waals surface area contributed by atoms with Crippen LogP contribution in [0.3, 0.4) is 0 Å². The second-order valence-corrected chi connectivity index (χ2v) is 11.3. The minimum absolute atomic E-state index is 0.0156. The predicted octanol–water partition coefficient (Wildman–Crippen LogP) is 0.637. The fourth-order valence-corrected chi connectivity index (χ4v) is 6.05. The van der Waals surface area contributed by atoms with E-state index in [9.17, 15) is 22.8 Å². The Bertz CT molecular complexity index is 1370. The van der Waals surface area contributed by atoms with E-state index in [4.69, 9.17) is 4.74 Å². The molecule has 210 valence electrons. The smallest absolute Gasteiger partial charge is 0.277 e. The zero-order valence-corrected chi connectivity index (χ0v) is 22.9. The van der Waals surface area contributed by atoms with Crippen LogP contribution in [-0.2, 0) is 30.1 Å². The van der Waals surface area contributed by atoms with Gasteiger partial charge < -0.3 is 19.9 Å². The molecular formula is C26H34N6O6S. The maximum absolute atomic E-state index is 13.8. The van der Waals surface area contributed by atoms with Gasteiger partial charge >= 0.3 is 0 Å². The third-order valence-electron chi connectivity index (χ3n) is 6.97. The van der Waals surface area contributed by atoms with Gasteiger partial charge in [0.1, 0.15) is 5.69 Å². The highest BCUT2D eigenvalue weighted by molar-refractivity contribution is 7.91. The van der Waals surface area contributed by atoms with Crippen molar-refractivity contribution in [1.29, 1.82) is 0 Å². The van der Waals surface area contributed by atoms with Crippen molar-refractivity contribution in [2.45, 2.75) is 31.9 Å². The summed E-state index contributed by atoms with van der Waals surface area (Å²) in [5.41, 5.74) is 1.02. The van der Waals surface area contributed by atoms with Gasteiger partial charge in [-0.2, -0.15) is 0 Å². The molecule has 0 aliphatic carbocycles. The third kappa shape index (κ3) is 6.32. The molecule has 0 radical (unpaired) electrons. The summed E-state index contributed by atoms with van der Waals surface area (Å²) < 4.78 is 35.1. The Morgan fingerprint density at radius 1 is 1.15 bits per heavy atom. The number of amides is 2. The molecule has 2 atom stereocenters. The lowest BCUT2D eigenvalue weighted by Gasteiger charge is -2.35. The average Bonchev–Trinajstić information content (AvgIpc) is 3.14. The predicted molar refractivity (Wildman–Crippen MR) is 146 cm³/mol. The molecule has 0 saturated carbocycles. The largest absolute Gasteiger partial charge is 0.378 e. The van der Waals surface area contributed by atoms with Crippen molar-refractivity contribution in [2.75, 3.05) is 44.2 Å². The van der Waals surface area contributed by atoms with Crippen molar-refractivity contribution in [1.82, 2.24) is 24.6 Å². The summed E-state index contributed by atoms with van der Waals surface area (Å²) in [6, 6.07) is 11.4. The molecule has 4 rings (SSSR count). The topological polar surface area (TPSA) is 133 Å². The lowest BCUT2D eigenvalue weighted by molar-refractivity contribution is -0.138. The number of morpholine rings is 1. The summed E-state index contributed by atoms with van der Waals surface area (Å²) in [7, 11) is -3.90. The second-order valence-electron chi connectivity index (χ2n) is 9.54. The van der Waals surface area contributed by atoms with Crippen molar-refractivity contribution in [3.05, 3.63) is 76.4 Å². The van der Waals surface area contributed by atoms with Crippen molar-refractivity contribution < 1.29 is 22.7 Å². The number of carbonyl (C=O) groups excluding carboxylic acids is 2. The summed E-state index contributed by atoms with van der Waals surface area (Å²) in [6.07, 6.45) is -0.295. The standard InChI is InChI=1S/C26H34N6O6S/c1-19-9-10-23(28-39(36,37)16-22-7-5-4-6-8-22)25(35)32(19)26-30(15-24(34)29-11-13-38-14-12-29)20(2)21(3)31(26)17-27-18-33/h4-10,18,20,26,28H,3,11-17H2,1-2H3,(H,27,33). The maximum Gasteiger partial charge on any atom is 0.277 e. The van der Waals surface area contributed by atoms with Crippen LogP contribution in [0.5, 0.6) is 0 Å². The molecule has 1 aromatic heterocycles. The Balaban J connectivity index is 1.70. The summed E-state index contributed by atoms with van der Waals surface area (Å²) in [5.74, 6) is -0.424. The van der Waals surface area contributed by atoms with E-state index in [-0.39, 0.29) is 36.6 Å². The highest BCUT2D eigenvalue weighted by Gasteiger charge is 2.43. The normalized spacial score (nSPS) is 20.2. The number of carbonyl (C=O) groups is 2. The fourth-order valence-electron chi connectivity index (χ4n) is 4.86. The van der Waals surface area contributed by atoms with Crippen LogP contribution in [0.1, 0.15) is 24.5 Å². The number of hydrogen-bond acceptors (Lipinski definition) is 8. The molecule has 2 amide bonds. The van der Waals surface area contributed by atoms with Crippen LogP contribution in [0.25, 0.3) is 0 Å². The number of hydrogen-bond donors (Lipinski definition) is 2. The second kappa shape index (κ2) is 12.0. The first-order chi connectivity index (χ1) is 18.6. The summed E-state index contributed by atoms with van der Waals surface area (Å²) in [5, 5.41) is 2.62. The summed E-state index contributed by atoms with van der Waals surface area (Å²) in [4.78, 5) is 43.5. The quantitative estimate of drug-likeness (QED) is 0.406. The van der Waals surface area contributed by atoms with Crippen LogP contribution in [-0.4, -0.2) is 85.6 Å². The van der Waals surface area contributed by atoms with Crippen LogP contribution in [0.4, 0.5) is 5.69 Å². The first-order valence-electron chi connectivity index (χ1n) is 12.6. The molecule has 2 unspecified atom stereocenters. The molecule has 1 aromatic carbocycles. The molecule has 2 saturated heterocycles. The number of ether oxygens (including phenoxy) is 1. The van der Waals surface area contributed by atoms with Crippen LogP contribution in [0.2, 0.25) is 0 Å². The highest BCUT2D eigenvalue weighted by atomic mass is 32.2. The van der Waals surface area contributed by atoms with Crippen LogP contribution < -0.4 is 15.6 Å². The minimum atomic E-state index is -3.90. The van der Waals surface area contributed by atoms with Crippen molar-refractivity contribution in [2.24, 2.45) is 0 Å². The molecule has 13 heteroatoms. The molecule has 0 spiro atoms. The lowest BCUT2D eigenvalue weighted by Crippen LogP contribution is -2.50. The van der Waals surface area contributed by atoms with E-state index >= 15 is 0 Å². The number of aromatic nitrogens is 1. The summed E-state index contributed by atoms with van der Waals surface area (Å²) in [6.45, 7) is 9.63. The molecular weight excluding hydrogens is 524 g/mol. The van der Waals surface area contributed by atoms with Gasteiger partial charge in [-0.05, 0) is 31.5 Å². The van der Waals surface area contributed by atoms with Gasteiger partial charge in [0.05, 0.1) is 38.2 Å². The molecule has 2 aromatic rings. The molecule has 2 aliphatic heterocycles. The Morgan fingerprint density at radius 2 is 1.85 bits per heavy atom. The third-order valence-corrected chi connectivity index (χ3v) is 8.21. The molecule has 12 nitrogen and oxygen atoms in total. The van der Waals surface area contributed by atoms with E-state index in [1.807, 2.05) is 11.8 Å². The van der Waals surface area contributed by atoms with Crippen molar-refractivity contribution in [3.63, 3.8) is 0 Å². The number of benzene rings is 1. The molecule has 39 heavy (non-hydrogen) atoms. The minimum Gasteiger partial charge on any atom is -0.378 e. The fraction of sp³-hybridized carbons (Fsp3) is 0.423. The number of pyridine rings is 1. The molecule has 2 N–H and O–H groups in total. The first kappa shape index (κ1) is 28.3. The van der Waals surface area contributed by atoms with Gasteiger partial charge in [-0.1, -0.05) is 36.9 Å².